The molecule has 1 heterocycles. The van der Waals surface area contributed by atoms with E-state index in [-0.39, 0.29) is 30.2 Å². The first kappa shape index (κ1) is 21.6. The second kappa shape index (κ2) is 9.48. The minimum atomic E-state index is -0.752. The predicted octanol–water partition coefficient (Wildman–Crippen LogP) is 3.10. The van der Waals surface area contributed by atoms with E-state index in [2.05, 4.69) is 0 Å². The number of carboxylic acid groups (broad SMARTS) is 1. The van der Waals surface area contributed by atoms with Crippen LogP contribution < -0.4 is 5.73 Å². The number of aldehydes is 1. The lowest BCUT2D eigenvalue weighted by molar-refractivity contribution is -0.143. The third kappa shape index (κ3) is 4.77. The number of amidine groups is 1. The minimum Gasteiger partial charge on any atom is -0.481 e. The third-order valence-corrected chi connectivity index (χ3v) is 5.18. The van der Waals surface area contributed by atoms with Crippen molar-refractivity contribution >= 4 is 30.5 Å². The van der Waals surface area contributed by atoms with Crippen molar-refractivity contribution in [1.29, 1.82) is 5.41 Å². The largest absolute Gasteiger partial charge is 0.481 e. The number of hydrogen-bond donors (Lipinski definition) is 3. The van der Waals surface area contributed by atoms with Crippen molar-refractivity contribution in [3.05, 3.63) is 59.7 Å². The van der Waals surface area contributed by atoms with Gasteiger partial charge in [0, 0.05) is 5.56 Å². The first-order valence-corrected chi connectivity index (χ1v) is 8.96. The van der Waals surface area contributed by atoms with Crippen molar-refractivity contribution in [2.45, 2.75) is 18.9 Å². The van der Waals surface area contributed by atoms with E-state index in [0.717, 1.165) is 23.0 Å². The number of nitrogens with zero attached hydrogens (tertiary/aromatic N) is 1. The van der Waals surface area contributed by atoms with Gasteiger partial charge >= 0.3 is 5.97 Å². The summed E-state index contributed by atoms with van der Waals surface area (Å²) in [5, 5.41) is 16.6. The summed E-state index contributed by atoms with van der Waals surface area (Å²) in [4.78, 5) is 24.8. The standard InChI is InChI=1S/C21H23N3O3.ClH/c22-20(23)17-7-3-15(4-8-17)14-1-5-16(6-2-14)19(13-25)24-11-9-18(10-12-24)21(26)27;/h1-8,13,18-19H,9-12H2,(H3,22,23)(H,26,27);1H. The highest BCUT2D eigenvalue weighted by Gasteiger charge is 2.29. The van der Waals surface area contributed by atoms with Crippen LogP contribution in [-0.2, 0) is 9.59 Å². The van der Waals surface area contributed by atoms with Crippen LogP contribution in [-0.4, -0.2) is 41.2 Å². The van der Waals surface area contributed by atoms with E-state index in [1.807, 2.05) is 53.4 Å². The number of likely N-dealkylation sites (tertiary alicyclic amines) is 1. The SMILES string of the molecule is Cl.N=C(N)c1ccc(-c2ccc(C(C=O)N3CCC(C(=O)O)CC3)cc2)cc1. The average Bonchev–Trinajstić information content (AvgIpc) is 2.69. The molecule has 28 heavy (non-hydrogen) atoms. The lowest BCUT2D eigenvalue weighted by Crippen LogP contribution is -2.39. The molecule has 1 aliphatic rings. The summed E-state index contributed by atoms with van der Waals surface area (Å²) < 4.78 is 0. The molecule has 0 spiro atoms. The number of piperidine rings is 1. The highest BCUT2D eigenvalue weighted by Crippen LogP contribution is 2.28. The third-order valence-electron chi connectivity index (χ3n) is 5.18. The second-order valence-corrected chi connectivity index (χ2v) is 6.84. The summed E-state index contributed by atoms with van der Waals surface area (Å²) in [6, 6.07) is 14.9. The molecule has 3 rings (SSSR count). The zero-order chi connectivity index (χ0) is 19.4. The number of benzene rings is 2. The molecule has 7 heteroatoms. The van der Waals surface area contributed by atoms with Crippen LogP contribution in [0.5, 0.6) is 0 Å². The molecule has 4 N–H and O–H groups in total. The summed E-state index contributed by atoms with van der Waals surface area (Å²) >= 11 is 0. The van der Waals surface area contributed by atoms with Gasteiger partial charge in [0.25, 0.3) is 0 Å². The molecule has 1 unspecified atom stereocenters. The molecule has 2 aromatic rings. The summed E-state index contributed by atoms with van der Waals surface area (Å²) in [6.07, 6.45) is 2.07. The van der Waals surface area contributed by atoms with Crippen molar-refractivity contribution in [3.8, 4) is 11.1 Å². The molecule has 0 aliphatic carbocycles. The zero-order valence-corrected chi connectivity index (χ0v) is 16.2. The molecule has 1 fully saturated rings. The second-order valence-electron chi connectivity index (χ2n) is 6.84. The van der Waals surface area contributed by atoms with Crippen molar-refractivity contribution in [2.75, 3.05) is 13.1 Å². The Labute approximate surface area is 170 Å². The number of nitrogens with two attached hydrogens (primary N) is 1. The number of nitrogens with one attached hydrogen (secondary N) is 1. The topological polar surface area (TPSA) is 107 Å². The minimum absolute atomic E-state index is 0. The Morgan fingerprint density at radius 2 is 1.57 bits per heavy atom. The number of carbonyl (C=O) groups excluding carboxylic acids is 1. The Morgan fingerprint density at radius 3 is 2.00 bits per heavy atom. The number of rotatable bonds is 6. The number of nitrogen functional groups attached to an aromatic ring is 1. The monoisotopic (exact) mass is 401 g/mol. The van der Waals surface area contributed by atoms with E-state index < -0.39 is 5.97 Å². The van der Waals surface area contributed by atoms with E-state index in [1.165, 1.54) is 0 Å². The Morgan fingerprint density at radius 1 is 1.07 bits per heavy atom. The quantitative estimate of drug-likeness (QED) is 0.391. The fourth-order valence-corrected chi connectivity index (χ4v) is 3.52. The lowest BCUT2D eigenvalue weighted by atomic mass is 9.94. The molecule has 1 aliphatic heterocycles. The van der Waals surface area contributed by atoms with E-state index in [1.54, 1.807) is 0 Å². The van der Waals surface area contributed by atoms with Gasteiger partial charge in [0.05, 0.1) is 12.0 Å². The van der Waals surface area contributed by atoms with Crippen LogP contribution in [0.15, 0.2) is 48.5 Å². The van der Waals surface area contributed by atoms with Crippen molar-refractivity contribution < 1.29 is 14.7 Å². The number of carboxylic acids is 1. The molecule has 0 bridgehead atoms. The van der Waals surface area contributed by atoms with Gasteiger partial charge in [0.2, 0.25) is 0 Å². The van der Waals surface area contributed by atoms with Gasteiger partial charge in [-0.15, -0.1) is 12.4 Å². The van der Waals surface area contributed by atoms with Crippen molar-refractivity contribution in [3.63, 3.8) is 0 Å². The first-order chi connectivity index (χ1) is 13.0. The van der Waals surface area contributed by atoms with Gasteiger partial charge in [-0.2, -0.15) is 0 Å². The van der Waals surface area contributed by atoms with Gasteiger partial charge in [-0.1, -0.05) is 48.5 Å². The van der Waals surface area contributed by atoms with E-state index in [9.17, 15) is 9.59 Å². The average molecular weight is 402 g/mol. The van der Waals surface area contributed by atoms with Crippen molar-refractivity contribution in [1.82, 2.24) is 4.90 Å². The lowest BCUT2D eigenvalue weighted by Gasteiger charge is -2.34. The van der Waals surface area contributed by atoms with E-state index in [0.29, 0.717) is 31.5 Å². The summed E-state index contributed by atoms with van der Waals surface area (Å²) in [6.45, 7) is 1.21. The van der Waals surface area contributed by atoms with Crippen molar-refractivity contribution in [2.24, 2.45) is 11.7 Å². The maximum Gasteiger partial charge on any atom is 0.306 e. The molecule has 0 saturated carbocycles. The van der Waals surface area contributed by atoms with Crippen LogP contribution in [0.1, 0.15) is 30.0 Å². The van der Waals surface area contributed by atoms with Gasteiger partial charge in [0.15, 0.2) is 0 Å². The normalized spacial score (nSPS) is 16.0. The number of hydrogen-bond acceptors (Lipinski definition) is 4. The summed E-state index contributed by atoms with van der Waals surface area (Å²) in [7, 11) is 0. The Balaban J connectivity index is 0.00000280. The maximum absolute atomic E-state index is 11.7. The summed E-state index contributed by atoms with van der Waals surface area (Å²) in [5.41, 5.74) is 9.09. The molecule has 6 nitrogen and oxygen atoms in total. The molecule has 0 aromatic heterocycles. The number of carbonyl (C=O) groups is 2. The smallest absolute Gasteiger partial charge is 0.306 e. The first-order valence-electron chi connectivity index (χ1n) is 8.96. The molecular weight excluding hydrogens is 378 g/mol. The van der Waals surface area contributed by atoms with Gasteiger partial charge in [0.1, 0.15) is 12.1 Å². The molecule has 1 atom stereocenters. The van der Waals surface area contributed by atoms with Gasteiger partial charge in [-0.05, 0) is 42.6 Å². The van der Waals surface area contributed by atoms with E-state index in [4.69, 9.17) is 16.2 Å². The number of aliphatic carboxylic acids is 1. The van der Waals surface area contributed by atoms with Gasteiger partial charge in [-0.25, -0.2) is 0 Å². The highest BCUT2D eigenvalue weighted by molar-refractivity contribution is 5.95. The number of halogens is 1. The molecular formula is C21H24ClN3O3. The molecule has 0 radical (unpaired) electrons. The Kier molecular flexibility index (Phi) is 7.31. The molecule has 148 valence electrons. The van der Waals surface area contributed by atoms with Gasteiger partial charge < -0.3 is 15.6 Å². The van der Waals surface area contributed by atoms with Crippen LogP contribution in [0.3, 0.4) is 0 Å². The van der Waals surface area contributed by atoms with Crippen LogP contribution in [0.25, 0.3) is 11.1 Å². The maximum atomic E-state index is 11.7. The Hall–Kier alpha value is -2.70. The summed E-state index contributed by atoms with van der Waals surface area (Å²) in [5.74, 6) is -1.02. The fourth-order valence-electron chi connectivity index (χ4n) is 3.52. The van der Waals surface area contributed by atoms with Crippen LogP contribution in [0, 0.1) is 11.3 Å². The molecule has 2 aromatic carbocycles. The van der Waals surface area contributed by atoms with Crippen LogP contribution >= 0.6 is 12.4 Å². The molecule has 0 amide bonds. The highest BCUT2D eigenvalue weighted by atomic mass is 35.5. The van der Waals surface area contributed by atoms with Crippen LogP contribution in [0.2, 0.25) is 0 Å². The predicted molar refractivity (Wildman–Crippen MR) is 111 cm³/mol. The van der Waals surface area contributed by atoms with E-state index >= 15 is 0 Å². The molecule has 1 saturated heterocycles. The fraction of sp³-hybridized carbons (Fsp3) is 0.286. The zero-order valence-electron chi connectivity index (χ0n) is 15.4. The van der Waals surface area contributed by atoms with Gasteiger partial charge in [-0.3, -0.25) is 15.1 Å². The van der Waals surface area contributed by atoms with Crippen LogP contribution in [0.4, 0.5) is 0 Å². The Bertz CT molecular complexity index is 829.